The summed E-state index contributed by atoms with van der Waals surface area (Å²) in [5, 5.41) is 9.04. The van der Waals surface area contributed by atoms with Crippen molar-refractivity contribution in [1.82, 2.24) is 4.98 Å². The highest BCUT2D eigenvalue weighted by molar-refractivity contribution is 14.1. The Balaban J connectivity index is 3.43. The van der Waals surface area contributed by atoms with Crippen molar-refractivity contribution >= 4 is 22.6 Å². The molecule has 0 saturated carbocycles. The Morgan fingerprint density at radius 1 is 1.58 bits per heavy atom. The number of aromatic nitrogens is 1. The molecule has 0 spiro atoms. The van der Waals surface area contributed by atoms with Crippen LogP contribution in [-0.4, -0.2) is 10.1 Å². The zero-order valence-electron chi connectivity index (χ0n) is 5.64. The molecule has 0 aliphatic rings. The highest BCUT2D eigenvalue weighted by Crippen LogP contribution is 2.27. The number of rotatable bonds is 1. The average Bonchev–Trinajstić information content (AvgIpc) is 1.97. The lowest BCUT2D eigenvalue weighted by atomic mass is 10.2. The minimum atomic E-state index is -2.96. The van der Waals surface area contributed by atoms with Gasteiger partial charge in [0.05, 0.1) is 3.57 Å². The number of hydrogen-bond donors (Lipinski definition) is 2. The van der Waals surface area contributed by atoms with Crippen LogP contribution >= 0.6 is 22.6 Å². The van der Waals surface area contributed by atoms with Crippen LogP contribution < -0.4 is 5.56 Å². The standard InChI is InChI=1S/C6H4F2INO2/c7-5(8)3-4(11)2(9)1-10-6(3)12/h1,5H,(H2,10,11,12). The van der Waals surface area contributed by atoms with Gasteiger partial charge in [0.2, 0.25) is 0 Å². The third-order valence-electron chi connectivity index (χ3n) is 1.27. The van der Waals surface area contributed by atoms with Gasteiger partial charge in [-0.05, 0) is 22.6 Å². The van der Waals surface area contributed by atoms with Crippen molar-refractivity contribution in [1.29, 1.82) is 0 Å². The van der Waals surface area contributed by atoms with Gasteiger partial charge < -0.3 is 10.1 Å². The quantitative estimate of drug-likeness (QED) is 0.771. The van der Waals surface area contributed by atoms with Crippen LogP contribution in [-0.2, 0) is 0 Å². The molecule has 1 rings (SSSR count). The van der Waals surface area contributed by atoms with Crippen molar-refractivity contribution in [2.75, 3.05) is 0 Å². The van der Waals surface area contributed by atoms with E-state index < -0.39 is 23.3 Å². The molecule has 66 valence electrons. The van der Waals surface area contributed by atoms with Crippen LogP contribution in [0.5, 0.6) is 5.75 Å². The molecule has 0 radical (unpaired) electrons. The molecule has 0 bridgehead atoms. The summed E-state index contributed by atoms with van der Waals surface area (Å²) < 4.78 is 24.4. The number of aromatic hydroxyl groups is 1. The van der Waals surface area contributed by atoms with Gasteiger partial charge in [-0.25, -0.2) is 8.78 Å². The molecule has 0 saturated heterocycles. The third-order valence-corrected chi connectivity index (χ3v) is 2.10. The summed E-state index contributed by atoms with van der Waals surface area (Å²) >= 11 is 1.65. The van der Waals surface area contributed by atoms with Crippen LogP contribution in [0.1, 0.15) is 12.0 Å². The molecule has 0 amide bonds. The maximum absolute atomic E-state index is 12.1. The molecular formula is C6H4F2INO2. The van der Waals surface area contributed by atoms with E-state index in [1.165, 1.54) is 6.20 Å². The molecule has 0 unspecified atom stereocenters. The van der Waals surface area contributed by atoms with Gasteiger partial charge in [-0.1, -0.05) is 0 Å². The summed E-state index contributed by atoms with van der Waals surface area (Å²) in [5.41, 5.74) is -1.83. The molecule has 1 aromatic heterocycles. The van der Waals surface area contributed by atoms with Gasteiger partial charge in [0.15, 0.2) is 0 Å². The van der Waals surface area contributed by atoms with Gasteiger partial charge in [0, 0.05) is 6.20 Å². The predicted molar refractivity (Wildman–Crippen MR) is 46.4 cm³/mol. The normalized spacial score (nSPS) is 10.7. The van der Waals surface area contributed by atoms with Gasteiger partial charge in [-0.15, -0.1) is 0 Å². The maximum atomic E-state index is 12.1. The Morgan fingerprint density at radius 3 is 2.58 bits per heavy atom. The maximum Gasteiger partial charge on any atom is 0.272 e. The minimum absolute atomic E-state index is 0.197. The highest BCUT2D eigenvalue weighted by Gasteiger charge is 2.19. The molecule has 1 heterocycles. The van der Waals surface area contributed by atoms with Crippen LogP contribution in [0.3, 0.4) is 0 Å². The van der Waals surface area contributed by atoms with E-state index in [-0.39, 0.29) is 3.57 Å². The van der Waals surface area contributed by atoms with E-state index in [9.17, 15) is 13.6 Å². The first-order valence-electron chi connectivity index (χ1n) is 2.92. The van der Waals surface area contributed by atoms with E-state index in [1.807, 2.05) is 0 Å². The van der Waals surface area contributed by atoms with Gasteiger partial charge in [-0.3, -0.25) is 4.79 Å². The lowest BCUT2D eigenvalue weighted by molar-refractivity contribution is 0.145. The number of alkyl halides is 2. The van der Waals surface area contributed by atoms with E-state index >= 15 is 0 Å². The third kappa shape index (κ3) is 1.57. The molecule has 12 heavy (non-hydrogen) atoms. The van der Waals surface area contributed by atoms with E-state index in [2.05, 4.69) is 4.98 Å². The predicted octanol–water partition coefficient (Wildman–Crippen LogP) is 1.62. The van der Waals surface area contributed by atoms with Crippen molar-refractivity contribution in [3.05, 3.63) is 25.7 Å². The number of hydrogen-bond acceptors (Lipinski definition) is 2. The first-order chi connectivity index (χ1) is 5.54. The summed E-state index contributed by atoms with van der Waals surface area (Å²) in [4.78, 5) is 12.8. The molecule has 6 heteroatoms. The largest absolute Gasteiger partial charge is 0.506 e. The van der Waals surface area contributed by atoms with E-state index in [1.54, 1.807) is 22.6 Å². The summed E-state index contributed by atoms with van der Waals surface area (Å²) in [7, 11) is 0. The van der Waals surface area contributed by atoms with Crippen LogP contribution in [0.2, 0.25) is 0 Å². The molecule has 2 N–H and O–H groups in total. The second-order valence-electron chi connectivity index (χ2n) is 2.03. The number of halogens is 3. The lowest BCUT2D eigenvalue weighted by Gasteiger charge is -2.02. The first kappa shape index (κ1) is 9.43. The van der Waals surface area contributed by atoms with Crippen LogP contribution in [0, 0.1) is 3.57 Å². The summed E-state index contributed by atoms with van der Waals surface area (Å²) in [6.45, 7) is 0. The Kier molecular flexibility index (Phi) is 2.65. The summed E-state index contributed by atoms with van der Waals surface area (Å²) in [6, 6.07) is 0. The number of nitrogens with one attached hydrogen (secondary N) is 1. The zero-order valence-corrected chi connectivity index (χ0v) is 7.80. The molecular weight excluding hydrogens is 283 g/mol. The van der Waals surface area contributed by atoms with Gasteiger partial charge >= 0.3 is 0 Å². The van der Waals surface area contributed by atoms with E-state index in [4.69, 9.17) is 5.11 Å². The second-order valence-corrected chi connectivity index (χ2v) is 3.19. The number of H-pyrrole nitrogens is 1. The van der Waals surface area contributed by atoms with E-state index in [0.717, 1.165) is 0 Å². The van der Waals surface area contributed by atoms with Crippen LogP contribution in [0.25, 0.3) is 0 Å². The Morgan fingerprint density at radius 2 is 2.17 bits per heavy atom. The Hall–Kier alpha value is -0.660. The van der Waals surface area contributed by atoms with Crippen molar-refractivity contribution in [3.8, 4) is 5.75 Å². The number of pyridine rings is 1. The van der Waals surface area contributed by atoms with Gasteiger partial charge in [-0.2, -0.15) is 0 Å². The SMILES string of the molecule is O=c1[nH]cc(I)c(O)c1C(F)F. The Labute approximate surface area is 79.6 Å². The highest BCUT2D eigenvalue weighted by atomic mass is 127. The van der Waals surface area contributed by atoms with Crippen LogP contribution in [0.15, 0.2) is 11.0 Å². The zero-order chi connectivity index (χ0) is 9.30. The smallest absolute Gasteiger partial charge is 0.272 e. The van der Waals surface area contributed by atoms with Crippen LogP contribution in [0.4, 0.5) is 8.78 Å². The fraction of sp³-hybridized carbons (Fsp3) is 0.167. The molecule has 0 atom stereocenters. The lowest BCUT2D eigenvalue weighted by Crippen LogP contribution is -2.13. The topological polar surface area (TPSA) is 53.1 Å². The van der Waals surface area contributed by atoms with Gasteiger partial charge in [0.25, 0.3) is 12.0 Å². The number of aromatic amines is 1. The average molecular weight is 287 g/mol. The van der Waals surface area contributed by atoms with Crippen molar-refractivity contribution in [3.63, 3.8) is 0 Å². The molecule has 3 nitrogen and oxygen atoms in total. The van der Waals surface area contributed by atoms with Crippen molar-refractivity contribution in [2.24, 2.45) is 0 Å². The molecule has 0 aliphatic heterocycles. The molecule has 0 aromatic carbocycles. The van der Waals surface area contributed by atoms with Crippen molar-refractivity contribution in [2.45, 2.75) is 6.43 Å². The second kappa shape index (κ2) is 3.38. The Bertz CT molecular complexity index is 350. The molecule has 0 fully saturated rings. The summed E-state index contributed by atoms with van der Waals surface area (Å²) in [5.74, 6) is -0.644. The van der Waals surface area contributed by atoms with Crippen molar-refractivity contribution < 1.29 is 13.9 Å². The molecule has 0 aliphatic carbocycles. The summed E-state index contributed by atoms with van der Waals surface area (Å²) in [6.07, 6.45) is -1.78. The fourth-order valence-electron chi connectivity index (χ4n) is 0.714. The van der Waals surface area contributed by atoms with E-state index in [0.29, 0.717) is 0 Å². The van der Waals surface area contributed by atoms with Gasteiger partial charge in [0.1, 0.15) is 11.3 Å². The minimum Gasteiger partial charge on any atom is -0.506 e. The molecule has 1 aromatic rings. The first-order valence-corrected chi connectivity index (χ1v) is 4.00. The monoisotopic (exact) mass is 287 g/mol. The fourth-order valence-corrected chi connectivity index (χ4v) is 1.16.